The molecule has 152 valence electrons. The molecule has 0 unspecified atom stereocenters. The van der Waals surface area contributed by atoms with Crippen molar-refractivity contribution >= 4 is 51.8 Å². The Morgan fingerprint density at radius 1 is 0.733 bits per heavy atom. The number of aromatic nitrogens is 2. The van der Waals surface area contributed by atoms with E-state index in [0.29, 0.717) is 0 Å². The van der Waals surface area contributed by atoms with E-state index in [1.165, 1.54) is 26.4 Å². The van der Waals surface area contributed by atoms with Gasteiger partial charge in [0.05, 0.1) is 11.9 Å². The number of thiazole rings is 1. The number of halogens is 2. The molecule has 5 aromatic rings. The minimum atomic E-state index is -1.86. The van der Waals surface area contributed by atoms with E-state index in [1.807, 2.05) is 12.5 Å². The molecule has 30 heavy (non-hydrogen) atoms. The van der Waals surface area contributed by atoms with Crippen LogP contribution in [0.4, 0.5) is 0 Å². The minimum absolute atomic E-state index is 0. The monoisotopic (exact) mass is 470 g/mol. The van der Waals surface area contributed by atoms with Crippen molar-refractivity contribution in [2.75, 3.05) is 0 Å². The summed E-state index contributed by atoms with van der Waals surface area (Å²) >= 11 is 1.77. The Morgan fingerprint density at radius 3 is 1.67 bits per heavy atom. The van der Waals surface area contributed by atoms with Crippen molar-refractivity contribution in [3.05, 3.63) is 115 Å². The molecule has 2 aromatic heterocycles. The van der Waals surface area contributed by atoms with E-state index in [9.17, 15) is 0 Å². The molecule has 0 N–H and O–H groups in total. The predicted octanol–water partition coefficient (Wildman–Crippen LogP) is 2.32. The Bertz CT molecular complexity index is 1090. The third-order valence-corrected chi connectivity index (χ3v) is 10.5. The minimum Gasteiger partial charge on any atom is -1.00 e. The molecule has 0 saturated carbocycles. The summed E-state index contributed by atoms with van der Waals surface area (Å²) in [6.07, 6.45) is 4.86. The molecule has 0 aliphatic carbocycles. The average Bonchev–Trinajstić information content (AvgIpc) is 3.39. The lowest BCUT2D eigenvalue weighted by atomic mass is 10.4. The second-order valence-corrected chi connectivity index (χ2v) is 11.2. The van der Waals surface area contributed by atoms with Gasteiger partial charge in [-0.15, -0.1) is 23.7 Å². The molecule has 0 bridgehead atoms. The molecule has 2 nitrogen and oxygen atoms in total. The van der Waals surface area contributed by atoms with Gasteiger partial charge in [-0.2, -0.15) is 0 Å². The van der Waals surface area contributed by atoms with E-state index >= 15 is 0 Å². The molecule has 0 saturated heterocycles. The van der Waals surface area contributed by atoms with Gasteiger partial charge in [0.1, 0.15) is 40.5 Å². The Balaban J connectivity index is 0.00000128. The molecule has 6 heteroatoms. The maximum atomic E-state index is 4.36. The first-order valence-corrected chi connectivity index (χ1v) is 12.2. The fourth-order valence-corrected chi connectivity index (χ4v) is 9.09. The molecule has 0 atom stereocenters. The van der Waals surface area contributed by atoms with Crippen LogP contribution in [0.3, 0.4) is 0 Å². The standard InChI is InChI=1S/C24H20N2PS.2ClH/c1-4-10-21(11-5-1)27(22-12-6-2-7-13-22,23-14-8-3-9-15-23)17-20-18-28-24-16-25-19-26(20)24;;/h1-16,18-19H,17H2;2*1H/q+1;;/p-1. The average molecular weight is 471 g/mol. The third kappa shape index (κ3) is 3.91. The zero-order chi connectivity index (χ0) is 18.8. The van der Waals surface area contributed by atoms with Gasteiger partial charge in [0.25, 0.3) is 0 Å². The first-order valence-electron chi connectivity index (χ1n) is 9.31. The summed E-state index contributed by atoms with van der Waals surface area (Å²) in [4.78, 5) is 5.55. The largest absolute Gasteiger partial charge is 1.00 e. The highest BCUT2D eigenvalue weighted by Gasteiger charge is 2.46. The van der Waals surface area contributed by atoms with Crippen LogP contribution in [0.15, 0.2) is 109 Å². The number of benzene rings is 3. The van der Waals surface area contributed by atoms with E-state index in [0.717, 1.165) is 6.16 Å². The van der Waals surface area contributed by atoms with Gasteiger partial charge in [-0.1, -0.05) is 54.6 Å². The number of imidazole rings is 1. The van der Waals surface area contributed by atoms with Crippen molar-refractivity contribution in [2.45, 2.75) is 6.16 Å². The van der Waals surface area contributed by atoms with Crippen LogP contribution in [0.25, 0.3) is 4.83 Å². The first-order chi connectivity index (χ1) is 13.9. The Morgan fingerprint density at radius 2 is 1.20 bits per heavy atom. The molecule has 0 fully saturated rings. The fourth-order valence-electron chi connectivity index (χ4n) is 3.90. The highest BCUT2D eigenvalue weighted by molar-refractivity contribution is 7.95. The quantitative estimate of drug-likeness (QED) is 0.360. The van der Waals surface area contributed by atoms with E-state index in [2.05, 4.69) is 106 Å². The van der Waals surface area contributed by atoms with Crippen LogP contribution in [-0.2, 0) is 6.16 Å². The summed E-state index contributed by atoms with van der Waals surface area (Å²) < 4.78 is 2.24. The topological polar surface area (TPSA) is 17.3 Å². The smallest absolute Gasteiger partial charge is 0.119 e. The van der Waals surface area contributed by atoms with Gasteiger partial charge in [0.2, 0.25) is 0 Å². The Kier molecular flexibility index (Phi) is 7.33. The van der Waals surface area contributed by atoms with Crippen molar-refractivity contribution < 1.29 is 12.4 Å². The number of nitrogens with zero attached hydrogens (tertiary/aromatic N) is 2. The van der Waals surface area contributed by atoms with Gasteiger partial charge in [0, 0.05) is 5.38 Å². The van der Waals surface area contributed by atoms with E-state index in [-0.39, 0.29) is 24.8 Å². The van der Waals surface area contributed by atoms with Crippen molar-refractivity contribution in [1.29, 1.82) is 0 Å². The molecule has 0 spiro atoms. The molecular weight excluding hydrogens is 450 g/mol. The summed E-state index contributed by atoms with van der Waals surface area (Å²) in [5, 5.41) is 6.52. The second kappa shape index (κ2) is 9.76. The van der Waals surface area contributed by atoms with Crippen LogP contribution in [0.1, 0.15) is 5.69 Å². The third-order valence-electron chi connectivity index (χ3n) is 5.22. The van der Waals surface area contributed by atoms with Crippen LogP contribution in [0, 0.1) is 0 Å². The lowest BCUT2D eigenvalue weighted by Crippen LogP contribution is -3.00. The Labute approximate surface area is 193 Å². The number of hydrogen-bond donors (Lipinski definition) is 0. The van der Waals surface area contributed by atoms with Crippen LogP contribution < -0.4 is 28.3 Å². The molecular formula is C24H21Cl2N2PS. The normalized spacial score (nSPS) is 10.9. The maximum Gasteiger partial charge on any atom is 0.119 e. The Hall–Kier alpha value is -2.16. The first kappa shape index (κ1) is 22.5. The summed E-state index contributed by atoms with van der Waals surface area (Å²) in [5.74, 6) is 0. The molecule has 0 amide bonds. The van der Waals surface area contributed by atoms with E-state index < -0.39 is 7.26 Å². The van der Waals surface area contributed by atoms with Gasteiger partial charge in [0.15, 0.2) is 0 Å². The zero-order valence-electron chi connectivity index (χ0n) is 16.1. The molecule has 2 heterocycles. The number of rotatable bonds is 5. The van der Waals surface area contributed by atoms with Gasteiger partial charge >= 0.3 is 0 Å². The summed E-state index contributed by atoms with van der Waals surface area (Å²) in [7, 11) is -1.86. The van der Waals surface area contributed by atoms with E-state index in [1.54, 1.807) is 11.3 Å². The second-order valence-electron chi connectivity index (χ2n) is 6.80. The number of fused-ring (bicyclic) bond motifs is 1. The molecule has 3 aromatic carbocycles. The number of hydrogen-bond acceptors (Lipinski definition) is 2. The SMILES string of the molecule is Cl.[Cl-].c1ccc([P+](Cc2csc3cncn23)(c2ccccc2)c2ccccc2)cc1. The summed E-state index contributed by atoms with van der Waals surface area (Å²) in [5.41, 5.74) is 1.32. The fraction of sp³-hybridized carbons (Fsp3) is 0.0417. The van der Waals surface area contributed by atoms with Crippen LogP contribution in [0.5, 0.6) is 0 Å². The lowest BCUT2D eigenvalue weighted by Gasteiger charge is -2.27. The van der Waals surface area contributed by atoms with Gasteiger partial charge < -0.3 is 12.4 Å². The summed E-state index contributed by atoms with van der Waals surface area (Å²) in [6.45, 7) is 0. The summed E-state index contributed by atoms with van der Waals surface area (Å²) in [6, 6.07) is 33.1. The van der Waals surface area contributed by atoms with Crippen molar-refractivity contribution in [3.63, 3.8) is 0 Å². The lowest BCUT2D eigenvalue weighted by molar-refractivity contribution is -0.00000560. The van der Waals surface area contributed by atoms with Crippen molar-refractivity contribution in [1.82, 2.24) is 9.38 Å². The van der Waals surface area contributed by atoms with Crippen LogP contribution >= 0.6 is 31.0 Å². The highest BCUT2D eigenvalue weighted by Crippen LogP contribution is 2.58. The molecule has 0 aliphatic rings. The molecule has 0 radical (unpaired) electrons. The molecule has 5 rings (SSSR count). The zero-order valence-corrected chi connectivity index (χ0v) is 19.4. The van der Waals surface area contributed by atoms with E-state index in [4.69, 9.17) is 0 Å². The van der Waals surface area contributed by atoms with Crippen LogP contribution in [-0.4, -0.2) is 9.38 Å². The molecule has 0 aliphatic heterocycles. The van der Waals surface area contributed by atoms with Gasteiger partial charge in [-0.05, 0) is 36.4 Å². The predicted molar refractivity (Wildman–Crippen MR) is 129 cm³/mol. The maximum absolute atomic E-state index is 4.36. The van der Waals surface area contributed by atoms with Gasteiger partial charge in [-0.25, -0.2) is 4.98 Å². The van der Waals surface area contributed by atoms with Crippen molar-refractivity contribution in [3.8, 4) is 0 Å². The van der Waals surface area contributed by atoms with Gasteiger partial charge in [-0.3, -0.25) is 4.40 Å². The highest BCUT2D eigenvalue weighted by atomic mass is 35.5. The van der Waals surface area contributed by atoms with Crippen molar-refractivity contribution in [2.24, 2.45) is 0 Å². The van der Waals surface area contributed by atoms with Crippen LogP contribution in [0.2, 0.25) is 0 Å².